The van der Waals surface area contributed by atoms with Gasteiger partial charge in [-0.15, -0.1) is 10.2 Å². The van der Waals surface area contributed by atoms with Crippen molar-refractivity contribution < 1.29 is 9.59 Å². The Morgan fingerprint density at radius 1 is 1.13 bits per heavy atom. The minimum Gasteiger partial charge on any atom is -0.311 e. The van der Waals surface area contributed by atoms with E-state index in [-0.39, 0.29) is 18.2 Å². The van der Waals surface area contributed by atoms with Gasteiger partial charge in [0, 0.05) is 25.1 Å². The molecule has 0 spiro atoms. The van der Waals surface area contributed by atoms with Gasteiger partial charge in [0.25, 0.3) is 0 Å². The second kappa shape index (κ2) is 8.75. The van der Waals surface area contributed by atoms with Gasteiger partial charge in [-0.25, -0.2) is 0 Å². The number of hydrogen-bond donors (Lipinski definition) is 1. The first-order chi connectivity index (χ1) is 14.5. The van der Waals surface area contributed by atoms with Crippen molar-refractivity contribution in [3.63, 3.8) is 0 Å². The molecule has 1 N–H and O–H groups in total. The summed E-state index contributed by atoms with van der Waals surface area (Å²) >= 11 is 1.39. The molecule has 1 atom stereocenters. The maximum Gasteiger partial charge on any atom is 0.231 e. The summed E-state index contributed by atoms with van der Waals surface area (Å²) in [4.78, 5) is 27.0. The van der Waals surface area contributed by atoms with Crippen molar-refractivity contribution in [3.8, 4) is 0 Å². The van der Waals surface area contributed by atoms with E-state index >= 15 is 0 Å². The lowest BCUT2D eigenvalue weighted by Crippen LogP contribution is -2.28. The number of benzene rings is 2. The van der Waals surface area contributed by atoms with Crippen molar-refractivity contribution >= 4 is 34.0 Å². The highest BCUT2D eigenvalue weighted by Gasteiger charge is 2.36. The summed E-state index contributed by atoms with van der Waals surface area (Å²) in [5.41, 5.74) is 4.25. The fourth-order valence-electron chi connectivity index (χ4n) is 3.63. The Morgan fingerprint density at radius 3 is 2.73 bits per heavy atom. The molecule has 2 amide bonds. The van der Waals surface area contributed by atoms with Gasteiger partial charge < -0.3 is 10.2 Å². The minimum atomic E-state index is -0.394. The van der Waals surface area contributed by atoms with Crippen LogP contribution in [0.2, 0.25) is 0 Å². The monoisotopic (exact) mass is 420 g/mol. The Hall–Kier alpha value is -3.06. The number of aromatic nitrogens is 2. The van der Waals surface area contributed by atoms with Crippen LogP contribution in [-0.4, -0.2) is 28.6 Å². The molecule has 1 aliphatic heterocycles. The number of hydrogen-bond acceptors (Lipinski definition) is 5. The molecule has 3 aromatic rings. The van der Waals surface area contributed by atoms with Crippen LogP contribution >= 0.6 is 11.3 Å². The maximum absolute atomic E-state index is 12.7. The van der Waals surface area contributed by atoms with Crippen LogP contribution in [0.15, 0.2) is 48.5 Å². The molecular formula is C23H24N4O2S. The van der Waals surface area contributed by atoms with E-state index in [0.717, 1.165) is 34.7 Å². The molecule has 4 rings (SSSR count). The van der Waals surface area contributed by atoms with Gasteiger partial charge in [-0.05, 0) is 43.0 Å². The van der Waals surface area contributed by atoms with Gasteiger partial charge in [-0.3, -0.25) is 9.59 Å². The first-order valence-corrected chi connectivity index (χ1v) is 10.9. The van der Waals surface area contributed by atoms with E-state index in [1.165, 1.54) is 16.9 Å². The number of amides is 2. The van der Waals surface area contributed by atoms with Gasteiger partial charge in [0.05, 0.1) is 5.92 Å². The Balaban J connectivity index is 1.36. The van der Waals surface area contributed by atoms with E-state index in [9.17, 15) is 9.59 Å². The molecule has 7 heteroatoms. The molecular weight excluding hydrogens is 396 g/mol. The molecule has 1 saturated heterocycles. The number of nitrogens with one attached hydrogen (secondary N) is 1. The summed E-state index contributed by atoms with van der Waals surface area (Å²) in [5.74, 6) is -0.597. The second-order valence-corrected chi connectivity index (χ2v) is 8.73. The smallest absolute Gasteiger partial charge is 0.231 e. The van der Waals surface area contributed by atoms with Crippen LogP contribution < -0.4 is 10.2 Å². The Morgan fingerprint density at radius 2 is 1.93 bits per heavy atom. The van der Waals surface area contributed by atoms with Crippen molar-refractivity contribution in [2.75, 3.05) is 16.8 Å². The van der Waals surface area contributed by atoms with E-state index in [1.807, 2.05) is 50.2 Å². The van der Waals surface area contributed by atoms with Crippen molar-refractivity contribution in [1.29, 1.82) is 0 Å². The number of nitrogens with zero attached hydrogens (tertiary/aromatic N) is 3. The standard InChI is InChI=1S/C23H24N4O2S/c1-15-8-9-16(2)19(12-15)27-14-18(13-21(27)28)22(29)24-23-26-25-20(30-23)11-10-17-6-4-3-5-7-17/h3-9,12,18H,10-11,13-14H2,1-2H3,(H,24,26,29). The zero-order chi connectivity index (χ0) is 21.1. The van der Waals surface area contributed by atoms with Crippen LogP contribution in [-0.2, 0) is 22.4 Å². The molecule has 0 bridgehead atoms. The zero-order valence-electron chi connectivity index (χ0n) is 17.1. The van der Waals surface area contributed by atoms with Crippen molar-refractivity contribution in [3.05, 3.63) is 70.2 Å². The predicted molar refractivity (Wildman–Crippen MR) is 119 cm³/mol. The molecule has 0 aliphatic carbocycles. The molecule has 30 heavy (non-hydrogen) atoms. The maximum atomic E-state index is 12.7. The summed E-state index contributed by atoms with van der Waals surface area (Å²) in [5, 5.41) is 12.5. The fraction of sp³-hybridized carbons (Fsp3) is 0.304. The summed E-state index contributed by atoms with van der Waals surface area (Å²) in [6, 6.07) is 16.2. The SMILES string of the molecule is Cc1ccc(C)c(N2CC(C(=O)Nc3nnc(CCc4ccccc4)s3)CC2=O)c1. The van der Waals surface area contributed by atoms with Gasteiger partial charge in [-0.1, -0.05) is 53.8 Å². The Kier molecular flexibility index (Phi) is 5.90. The topological polar surface area (TPSA) is 75.2 Å². The minimum absolute atomic E-state index is 0.0235. The first kappa shape index (κ1) is 20.2. The molecule has 2 aromatic carbocycles. The predicted octanol–water partition coefficient (Wildman–Crippen LogP) is 3.93. The largest absolute Gasteiger partial charge is 0.311 e. The van der Waals surface area contributed by atoms with Gasteiger partial charge in [0.15, 0.2) is 0 Å². The number of carbonyl (C=O) groups excluding carboxylic acids is 2. The normalized spacial score (nSPS) is 16.1. The highest BCUT2D eigenvalue weighted by atomic mass is 32.1. The third kappa shape index (κ3) is 4.57. The van der Waals surface area contributed by atoms with Gasteiger partial charge in [-0.2, -0.15) is 0 Å². The molecule has 2 heterocycles. The second-order valence-electron chi connectivity index (χ2n) is 7.67. The third-order valence-electron chi connectivity index (χ3n) is 5.32. The summed E-state index contributed by atoms with van der Waals surface area (Å²) in [6.45, 7) is 4.36. The molecule has 1 aromatic heterocycles. The molecule has 0 radical (unpaired) electrons. The van der Waals surface area contributed by atoms with Gasteiger partial charge in [0.2, 0.25) is 16.9 Å². The van der Waals surface area contributed by atoms with E-state index in [1.54, 1.807) is 4.90 Å². The average molecular weight is 421 g/mol. The fourth-order valence-corrected chi connectivity index (χ4v) is 4.38. The van der Waals surface area contributed by atoms with Gasteiger partial charge >= 0.3 is 0 Å². The van der Waals surface area contributed by atoms with E-state index in [2.05, 4.69) is 27.6 Å². The highest BCUT2D eigenvalue weighted by molar-refractivity contribution is 7.15. The molecule has 1 aliphatic rings. The van der Waals surface area contributed by atoms with Crippen LogP contribution in [0.4, 0.5) is 10.8 Å². The van der Waals surface area contributed by atoms with E-state index in [0.29, 0.717) is 11.7 Å². The summed E-state index contributed by atoms with van der Waals surface area (Å²) in [6.07, 6.45) is 1.87. The van der Waals surface area contributed by atoms with Crippen molar-refractivity contribution in [2.24, 2.45) is 5.92 Å². The van der Waals surface area contributed by atoms with Crippen LogP contribution in [0.3, 0.4) is 0 Å². The zero-order valence-corrected chi connectivity index (χ0v) is 17.9. The van der Waals surface area contributed by atoms with E-state index < -0.39 is 5.92 Å². The number of carbonyl (C=O) groups is 2. The summed E-state index contributed by atoms with van der Waals surface area (Å²) in [7, 11) is 0. The third-order valence-corrected chi connectivity index (χ3v) is 6.22. The van der Waals surface area contributed by atoms with Crippen LogP contribution in [0.1, 0.15) is 28.1 Å². The first-order valence-electron chi connectivity index (χ1n) is 10.0. The number of rotatable bonds is 6. The molecule has 1 unspecified atom stereocenters. The average Bonchev–Trinajstić information content (AvgIpc) is 3.35. The molecule has 1 fully saturated rings. The van der Waals surface area contributed by atoms with Gasteiger partial charge in [0.1, 0.15) is 5.01 Å². The molecule has 0 saturated carbocycles. The lowest BCUT2D eigenvalue weighted by molar-refractivity contribution is -0.122. The van der Waals surface area contributed by atoms with Crippen molar-refractivity contribution in [2.45, 2.75) is 33.1 Å². The Bertz CT molecular complexity index is 1060. The molecule has 154 valence electrons. The quantitative estimate of drug-likeness (QED) is 0.656. The van der Waals surface area contributed by atoms with Crippen molar-refractivity contribution in [1.82, 2.24) is 10.2 Å². The Labute approximate surface area is 180 Å². The molecule has 6 nitrogen and oxygen atoms in total. The van der Waals surface area contributed by atoms with Crippen LogP contribution in [0, 0.1) is 19.8 Å². The lowest BCUT2D eigenvalue weighted by atomic mass is 10.1. The number of aryl methyl sites for hydroxylation is 4. The summed E-state index contributed by atoms with van der Waals surface area (Å²) < 4.78 is 0. The van der Waals surface area contributed by atoms with Crippen LogP contribution in [0.25, 0.3) is 0 Å². The van der Waals surface area contributed by atoms with Crippen LogP contribution in [0.5, 0.6) is 0 Å². The number of anilines is 2. The lowest BCUT2D eigenvalue weighted by Gasteiger charge is -2.19. The van der Waals surface area contributed by atoms with E-state index in [4.69, 9.17) is 0 Å². The highest BCUT2D eigenvalue weighted by Crippen LogP contribution is 2.29.